The van der Waals surface area contributed by atoms with Gasteiger partial charge in [-0.2, -0.15) is 5.26 Å². The van der Waals surface area contributed by atoms with Crippen LogP contribution in [0.15, 0.2) is 24.4 Å². The SMILES string of the molecule is N#CCC(=O)N1CCN(C(=O)c2c[nH]c3cc(F)ccc23)CC1. The lowest BCUT2D eigenvalue weighted by Gasteiger charge is -2.34. The number of piperazine rings is 1. The van der Waals surface area contributed by atoms with E-state index in [1.54, 1.807) is 22.1 Å². The summed E-state index contributed by atoms with van der Waals surface area (Å²) in [5.74, 6) is -0.708. The second-order valence-corrected chi connectivity index (χ2v) is 5.40. The standard InChI is InChI=1S/C16H15FN4O2/c17-11-1-2-12-13(10-19-14(12)9-11)16(23)21-7-5-20(6-8-21)15(22)3-4-18/h1-2,9-10,19H,3,5-8H2. The first-order valence-corrected chi connectivity index (χ1v) is 7.31. The highest BCUT2D eigenvalue weighted by Crippen LogP contribution is 2.21. The number of aromatic nitrogens is 1. The smallest absolute Gasteiger partial charge is 0.256 e. The summed E-state index contributed by atoms with van der Waals surface area (Å²) in [5, 5.41) is 9.24. The van der Waals surface area contributed by atoms with E-state index in [9.17, 15) is 14.0 Å². The molecule has 23 heavy (non-hydrogen) atoms. The Bertz CT molecular complexity index is 800. The molecule has 7 heteroatoms. The number of hydrogen-bond acceptors (Lipinski definition) is 3. The minimum absolute atomic E-state index is 0.137. The molecule has 1 aromatic heterocycles. The zero-order chi connectivity index (χ0) is 16.4. The molecule has 3 rings (SSSR count). The number of halogens is 1. The van der Waals surface area contributed by atoms with Crippen molar-refractivity contribution >= 4 is 22.7 Å². The number of aromatic amines is 1. The first-order valence-electron chi connectivity index (χ1n) is 7.31. The molecule has 1 aromatic carbocycles. The highest BCUT2D eigenvalue weighted by molar-refractivity contribution is 6.06. The molecule has 1 fully saturated rings. The molecule has 0 unspecified atom stereocenters. The zero-order valence-corrected chi connectivity index (χ0v) is 12.4. The lowest BCUT2D eigenvalue weighted by Crippen LogP contribution is -2.50. The van der Waals surface area contributed by atoms with Crippen LogP contribution in [0.4, 0.5) is 4.39 Å². The van der Waals surface area contributed by atoms with E-state index in [0.717, 1.165) is 0 Å². The number of nitrogens with one attached hydrogen (secondary N) is 1. The maximum absolute atomic E-state index is 13.2. The van der Waals surface area contributed by atoms with Gasteiger partial charge in [0.1, 0.15) is 12.2 Å². The van der Waals surface area contributed by atoms with E-state index in [-0.39, 0.29) is 24.1 Å². The van der Waals surface area contributed by atoms with Crippen molar-refractivity contribution in [1.82, 2.24) is 14.8 Å². The maximum Gasteiger partial charge on any atom is 0.256 e. The van der Waals surface area contributed by atoms with Gasteiger partial charge in [0.05, 0.1) is 11.6 Å². The van der Waals surface area contributed by atoms with E-state index in [0.29, 0.717) is 42.6 Å². The predicted octanol–water partition coefficient (Wildman–Crippen LogP) is 1.51. The molecule has 1 N–H and O–H groups in total. The third kappa shape index (κ3) is 2.88. The van der Waals surface area contributed by atoms with Gasteiger partial charge in [0, 0.05) is 43.3 Å². The number of fused-ring (bicyclic) bond motifs is 1. The van der Waals surface area contributed by atoms with E-state index in [1.165, 1.54) is 12.1 Å². The van der Waals surface area contributed by atoms with Crippen molar-refractivity contribution in [2.75, 3.05) is 26.2 Å². The predicted molar refractivity (Wildman–Crippen MR) is 81.0 cm³/mol. The van der Waals surface area contributed by atoms with Crippen LogP contribution in [0.2, 0.25) is 0 Å². The molecule has 2 aromatic rings. The Kier molecular flexibility index (Phi) is 3.98. The van der Waals surface area contributed by atoms with Crippen LogP contribution in [0.5, 0.6) is 0 Å². The molecule has 1 saturated heterocycles. The summed E-state index contributed by atoms with van der Waals surface area (Å²) in [6.07, 6.45) is 1.45. The van der Waals surface area contributed by atoms with Gasteiger partial charge in [-0.1, -0.05) is 0 Å². The summed E-state index contributed by atoms with van der Waals surface area (Å²) in [5.41, 5.74) is 1.08. The number of nitriles is 1. The van der Waals surface area contributed by atoms with Crippen LogP contribution in [-0.4, -0.2) is 52.8 Å². The summed E-state index contributed by atoms with van der Waals surface area (Å²) in [4.78, 5) is 30.5. The molecule has 0 bridgehead atoms. The van der Waals surface area contributed by atoms with Gasteiger partial charge in [-0.25, -0.2) is 4.39 Å². The monoisotopic (exact) mass is 314 g/mol. The third-order valence-electron chi connectivity index (χ3n) is 4.02. The van der Waals surface area contributed by atoms with Crippen LogP contribution in [0, 0.1) is 17.1 Å². The van der Waals surface area contributed by atoms with Crippen LogP contribution in [-0.2, 0) is 4.79 Å². The molecule has 0 spiro atoms. The summed E-state index contributed by atoms with van der Waals surface area (Å²) in [6.45, 7) is 1.68. The number of carbonyl (C=O) groups is 2. The van der Waals surface area contributed by atoms with Crippen molar-refractivity contribution in [2.45, 2.75) is 6.42 Å². The highest BCUT2D eigenvalue weighted by atomic mass is 19.1. The Labute approximate surface area is 132 Å². The van der Waals surface area contributed by atoms with Crippen LogP contribution in [0.1, 0.15) is 16.8 Å². The van der Waals surface area contributed by atoms with Crippen LogP contribution in [0.25, 0.3) is 10.9 Å². The molecule has 118 valence electrons. The number of nitrogens with zero attached hydrogens (tertiary/aromatic N) is 3. The first-order chi connectivity index (χ1) is 11.1. The minimum atomic E-state index is -0.358. The average molecular weight is 314 g/mol. The number of amides is 2. The van der Waals surface area contributed by atoms with E-state index >= 15 is 0 Å². The van der Waals surface area contributed by atoms with Gasteiger partial charge in [-0.05, 0) is 18.2 Å². The fourth-order valence-electron chi connectivity index (χ4n) is 2.78. The maximum atomic E-state index is 13.2. The molecule has 1 aliphatic heterocycles. The lowest BCUT2D eigenvalue weighted by molar-refractivity contribution is -0.131. The van der Waals surface area contributed by atoms with Gasteiger partial charge in [-0.15, -0.1) is 0 Å². The Morgan fingerprint density at radius 2 is 1.91 bits per heavy atom. The quantitative estimate of drug-likeness (QED) is 0.912. The van der Waals surface area contributed by atoms with Gasteiger partial charge in [0.2, 0.25) is 5.91 Å². The van der Waals surface area contributed by atoms with Crippen molar-refractivity contribution in [3.63, 3.8) is 0 Å². The molecule has 0 saturated carbocycles. The Hall–Kier alpha value is -2.88. The van der Waals surface area contributed by atoms with Crippen LogP contribution < -0.4 is 0 Å². The molecule has 2 heterocycles. The fraction of sp³-hybridized carbons (Fsp3) is 0.312. The van der Waals surface area contributed by atoms with Crippen LogP contribution in [0.3, 0.4) is 0 Å². The van der Waals surface area contributed by atoms with Gasteiger partial charge in [-0.3, -0.25) is 9.59 Å². The van der Waals surface area contributed by atoms with Crippen molar-refractivity contribution in [2.24, 2.45) is 0 Å². The van der Waals surface area contributed by atoms with Gasteiger partial charge >= 0.3 is 0 Å². The Morgan fingerprint density at radius 3 is 2.61 bits per heavy atom. The second-order valence-electron chi connectivity index (χ2n) is 5.40. The minimum Gasteiger partial charge on any atom is -0.360 e. The molecule has 0 radical (unpaired) electrons. The third-order valence-corrected chi connectivity index (χ3v) is 4.02. The van der Waals surface area contributed by atoms with Crippen LogP contribution >= 0.6 is 0 Å². The normalized spacial score (nSPS) is 14.8. The molecule has 6 nitrogen and oxygen atoms in total. The number of benzene rings is 1. The van der Waals surface area contributed by atoms with Crippen molar-refractivity contribution in [3.8, 4) is 6.07 Å². The summed E-state index contributed by atoms with van der Waals surface area (Å²) in [7, 11) is 0. The fourth-order valence-corrected chi connectivity index (χ4v) is 2.78. The molecular weight excluding hydrogens is 299 g/mol. The number of carbonyl (C=O) groups excluding carboxylic acids is 2. The summed E-state index contributed by atoms with van der Waals surface area (Å²) in [6, 6.07) is 6.10. The second kappa shape index (κ2) is 6.08. The van der Waals surface area contributed by atoms with Gasteiger partial charge in [0.25, 0.3) is 5.91 Å². The van der Waals surface area contributed by atoms with Crippen molar-refractivity contribution < 1.29 is 14.0 Å². The molecule has 0 aliphatic carbocycles. The lowest BCUT2D eigenvalue weighted by atomic mass is 10.1. The Balaban J connectivity index is 1.72. The van der Waals surface area contributed by atoms with E-state index in [1.807, 2.05) is 6.07 Å². The van der Waals surface area contributed by atoms with Crippen molar-refractivity contribution in [1.29, 1.82) is 5.26 Å². The van der Waals surface area contributed by atoms with E-state index in [2.05, 4.69) is 4.98 Å². The van der Waals surface area contributed by atoms with Gasteiger partial charge in [0.15, 0.2) is 0 Å². The largest absolute Gasteiger partial charge is 0.360 e. The molecular formula is C16H15FN4O2. The number of H-pyrrole nitrogens is 1. The first kappa shape index (κ1) is 15.0. The average Bonchev–Trinajstić information content (AvgIpc) is 2.97. The van der Waals surface area contributed by atoms with E-state index < -0.39 is 0 Å². The summed E-state index contributed by atoms with van der Waals surface area (Å²) < 4.78 is 13.2. The molecule has 2 amide bonds. The molecule has 1 aliphatic rings. The number of rotatable bonds is 2. The highest BCUT2D eigenvalue weighted by Gasteiger charge is 2.26. The van der Waals surface area contributed by atoms with E-state index in [4.69, 9.17) is 5.26 Å². The zero-order valence-electron chi connectivity index (χ0n) is 12.4. The summed E-state index contributed by atoms with van der Waals surface area (Å²) >= 11 is 0. The Morgan fingerprint density at radius 1 is 1.22 bits per heavy atom. The number of hydrogen-bond donors (Lipinski definition) is 1. The molecule has 0 atom stereocenters. The van der Waals surface area contributed by atoms with Gasteiger partial charge < -0.3 is 14.8 Å². The van der Waals surface area contributed by atoms with Crippen molar-refractivity contribution in [3.05, 3.63) is 35.8 Å². The topological polar surface area (TPSA) is 80.2 Å².